The Bertz CT molecular complexity index is 664. The van der Waals surface area contributed by atoms with E-state index in [1.54, 1.807) is 18.3 Å². The van der Waals surface area contributed by atoms with Crippen LogP contribution in [0.15, 0.2) is 4.52 Å². The molecule has 0 fully saturated rings. The Morgan fingerprint density at radius 2 is 2.32 bits per heavy atom. The average Bonchev–Trinajstić information content (AvgIpc) is 3.04. The highest BCUT2D eigenvalue weighted by Crippen LogP contribution is 2.32. The van der Waals surface area contributed by atoms with Crippen molar-refractivity contribution in [3.8, 4) is 0 Å². The molecule has 0 saturated carbocycles. The van der Waals surface area contributed by atoms with Crippen molar-refractivity contribution in [2.24, 2.45) is 5.92 Å². The number of nitrogens with zero attached hydrogens (tertiary/aromatic N) is 3. The van der Waals surface area contributed by atoms with Gasteiger partial charge in [0, 0.05) is 17.7 Å². The zero-order chi connectivity index (χ0) is 15.5. The molecule has 0 radical (unpaired) electrons. The maximum absolute atomic E-state index is 12.0. The Morgan fingerprint density at radius 1 is 1.45 bits per heavy atom. The van der Waals surface area contributed by atoms with Gasteiger partial charge in [-0.2, -0.15) is 4.98 Å². The highest BCUT2D eigenvalue weighted by atomic mass is 32.1. The second kappa shape index (κ2) is 6.56. The lowest BCUT2D eigenvalue weighted by Crippen LogP contribution is -2.11. The van der Waals surface area contributed by atoms with Crippen LogP contribution < -0.4 is 5.32 Å². The van der Waals surface area contributed by atoms with E-state index in [4.69, 9.17) is 4.52 Å². The minimum atomic E-state index is -0.00428. The van der Waals surface area contributed by atoms with E-state index in [-0.39, 0.29) is 5.91 Å². The second-order valence-corrected chi connectivity index (χ2v) is 6.96. The number of rotatable bonds is 5. The quantitative estimate of drug-likeness (QED) is 0.916. The van der Waals surface area contributed by atoms with E-state index in [2.05, 4.69) is 27.4 Å². The molecule has 0 saturated heterocycles. The lowest BCUT2D eigenvalue weighted by Gasteiger charge is -2.15. The molecule has 6 nitrogen and oxygen atoms in total. The molecule has 1 atom stereocenters. The van der Waals surface area contributed by atoms with Crippen LogP contribution in [-0.2, 0) is 24.1 Å². The van der Waals surface area contributed by atoms with Gasteiger partial charge in [-0.3, -0.25) is 4.79 Å². The van der Waals surface area contributed by atoms with Gasteiger partial charge in [0.25, 0.3) is 0 Å². The lowest BCUT2D eigenvalue weighted by molar-refractivity contribution is -0.116. The maximum atomic E-state index is 12.0. The SMILES string of the molecule is Cc1noc(CCCC(=O)Nc2nc3c(s2)C[C@H](C)CC3)n1. The van der Waals surface area contributed by atoms with E-state index in [9.17, 15) is 4.79 Å². The molecule has 1 aliphatic carbocycles. The smallest absolute Gasteiger partial charge is 0.226 e. The van der Waals surface area contributed by atoms with E-state index < -0.39 is 0 Å². The van der Waals surface area contributed by atoms with Crippen LogP contribution >= 0.6 is 11.3 Å². The van der Waals surface area contributed by atoms with Crippen molar-refractivity contribution in [1.82, 2.24) is 15.1 Å². The number of nitrogens with one attached hydrogen (secondary N) is 1. The molecule has 0 spiro atoms. The number of carbonyl (C=O) groups excluding carboxylic acids is 1. The highest BCUT2D eigenvalue weighted by molar-refractivity contribution is 7.15. The minimum Gasteiger partial charge on any atom is -0.339 e. The molecule has 2 heterocycles. The number of fused-ring (bicyclic) bond motifs is 1. The van der Waals surface area contributed by atoms with Crippen molar-refractivity contribution in [2.75, 3.05) is 5.32 Å². The molecule has 1 amide bonds. The van der Waals surface area contributed by atoms with E-state index in [1.165, 1.54) is 17.0 Å². The van der Waals surface area contributed by atoms with Gasteiger partial charge in [0.05, 0.1) is 5.69 Å². The first-order chi connectivity index (χ1) is 10.6. The summed E-state index contributed by atoms with van der Waals surface area (Å²) < 4.78 is 5.03. The van der Waals surface area contributed by atoms with Crippen LogP contribution in [0.2, 0.25) is 0 Å². The molecule has 1 aliphatic rings. The van der Waals surface area contributed by atoms with Crippen molar-refractivity contribution in [2.45, 2.75) is 52.4 Å². The number of amides is 1. The number of hydrogen-bond acceptors (Lipinski definition) is 6. The summed E-state index contributed by atoms with van der Waals surface area (Å²) >= 11 is 1.62. The van der Waals surface area contributed by atoms with Crippen LogP contribution in [0.3, 0.4) is 0 Å². The van der Waals surface area contributed by atoms with E-state index in [0.29, 0.717) is 31.0 Å². The molecule has 1 N–H and O–H groups in total. The van der Waals surface area contributed by atoms with Gasteiger partial charge in [-0.1, -0.05) is 12.1 Å². The molecule has 0 bridgehead atoms. The van der Waals surface area contributed by atoms with E-state index in [0.717, 1.165) is 23.9 Å². The molecule has 7 heteroatoms. The van der Waals surface area contributed by atoms with Crippen molar-refractivity contribution in [1.29, 1.82) is 0 Å². The first-order valence-electron chi connectivity index (χ1n) is 7.68. The van der Waals surface area contributed by atoms with Gasteiger partial charge in [0.2, 0.25) is 11.8 Å². The maximum Gasteiger partial charge on any atom is 0.226 e. The Balaban J connectivity index is 1.47. The van der Waals surface area contributed by atoms with Crippen LogP contribution in [0.25, 0.3) is 0 Å². The number of anilines is 1. The third kappa shape index (κ3) is 3.71. The fourth-order valence-corrected chi connectivity index (χ4v) is 3.80. The zero-order valence-corrected chi connectivity index (χ0v) is 13.7. The fourth-order valence-electron chi connectivity index (χ4n) is 2.62. The van der Waals surface area contributed by atoms with Crippen LogP contribution in [0.5, 0.6) is 0 Å². The molecule has 22 heavy (non-hydrogen) atoms. The Kier molecular flexibility index (Phi) is 4.52. The topological polar surface area (TPSA) is 80.9 Å². The predicted molar refractivity (Wildman–Crippen MR) is 83.9 cm³/mol. The summed E-state index contributed by atoms with van der Waals surface area (Å²) in [5.41, 5.74) is 1.17. The summed E-state index contributed by atoms with van der Waals surface area (Å²) in [4.78, 5) is 22.0. The number of aryl methyl sites for hydroxylation is 3. The summed E-state index contributed by atoms with van der Waals surface area (Å²) in [6.07, 6.45) is 5.05. The molecule has 0 unspecified atom stereocenters. The summed E-state index contributed by atoms with van der Waals surface area (Å²) in [5, 5.41) is 7.37. The molecular weight excluding hydrogens is 300 g/mol. The third-order valence-corrected chi connectivity index (χ3v) is 4.83. The molecule has 0 aliphatic heterocycles. The summed E-state index contributed by atoms with van der Waals surface area (Å²) in [7, 11) is 0. The fraction of sp³-hybridized carbons (Fsp3) is 0.600. The van der Waals surface area contributed by atoms with Gasteiger partial charge in [0.15, 0.2) is 11.0 Å². The Hall–Kier alpha value is -1.76. The molecule has 3 rings (SSSR count). The van der Waals surface area contributed by atoms with Crippen LogP contribution in [-0.4, -0.2) is 21.0 Å². The summed E-state index contributed by atoms with van der Waals surface area (Å²) in [6.45, 7) is 4.05. The van der Waals surface area contributed by atoms with Gasteiger partial charge in [0.1, 0.15) is 0 Å². The number of carbonyl (C=O) groups is 1. The standard InChI is InChI=1S/C15H20N4O2S/c1-9-6-7-11-12(8-9)22-15(17-11)18-13(20)4-3-5-14-16-10(2)19-21-14/h9H,3-8H2,1-2H3,(H,17,18,20)/t9-/m1/s1. The van der Waals surface area contributed by atoms with Crippen molar-refractivity contribution >= 4 is 22.4 Å². The molecule has 118 valence electrons. The van der Waals surface area contributed by atoms with E-state index >= 15 is 0 Å². The van der Waals surface area contributed by atoms with Crippen molar-refractivity contribution in [3.05, 3.63) is 22.3 Å². The van der Waals surface area contributed by atoms with Gasteiger partial charge >= 0.3 is 0 Å². The number of thiazole rings is 1. The lowest BCUT2D eigenvalue weighted by atomic mass is 9.93. The van der Waals surface area contributed by atoms with Gasteiger partial charge in [-0.25, -0.2) is 4.98 Å². The normalized spacial score (nSPS) is 17.3. The molecule has 2 aromatic rings. The zero-order valence-electron chi connectivity index (χ0n) is 12.9. The van der Waals surface area contributed by atoms with Crippen LogP contribution in [0.1, 0.15) is 48.5 Å². The second-order valence-electron chi connectivity index (χ2n) is 5.87. The highest BCUT2D eigenvalue weighted by Gasteiger charge is 2.20. The number of hydrogen-bond donors (Lipinski definition) is 1. The molecule has 0 aromatic carbocycles. The van der Waals surface area contributed by atoms with Gasteiger partial charge in [-0.15, -0.1) is 11.3 Å². The molecule has 2 aromatic heterocycles. The summed E-state index contributed by atoms with van der Waals surface area (Å²) in [6, 6.07) is 0. The van der Waals surface area contributed by atoms with Gasteiger partial charge in [-0.05, 0) is 38.5 Å². The van der Waals surface area contributed by atoms with Gasteiger partial charge < -0.3 is 9.84 Å². The minimum absolute atomic E-state index is 0.00428. The van der Waals surface area contributed by atoms with Crippen LogP contribution in [0.4, 0.5) is 5.13 Å². The summed E-state index contributed by atoms with van der Waals surface area (Å²) in [5.74, 6) is 1.93. The first kappa shape index (κ1) is 15.1. The largest absolute Gasteiger partial charge is 0.339 e. The Morgan fingerprint density at radius 3 is 3.09 bits per heavy atom. The number of aromatic nitrogens is 3. The Labute approximate surface area is 133 Å². The monoisotopic (exact) mass is 320 g/mol. The third-order valence-electron chi connectivity index (χ3n) is 3.80. The average molecular weight is 320 g/mol. The van der Waals surface area contributed by atoms with Crippen molar-refractivity contribution < 1.29 is 9.32 Å². The van der Waals surface area contributed by atoms with Crippen molar-refractivity contribution in [3.63, 3.8) is 0 Å². The van der Waals surface area contributed by atoms with E-state index in [1.807, 2.05) is 0 Å². The first-order valence-corrected chi connectivity index (χ1v) is 8.49. The predicted octanol–water partition coefficient (Wildman–Crippen LogP) is 2.92. The molecular formula is C15H20N4O2S. The van der Waals surface area contributed by atoms with Crippen LogP contribution in [0, 0.1) is 12.8 Å².